The Labute approximate surface area is 135 Å². The molecule has 0 fully saturated rings. The molecule has 120 valence electrons. The number of aromatic hydroxyl groups is 1. The van der Waals surface area contributed by atoms with Crippen LogP contribution in [0.5, 0.6) is 5.75 Å². The second-order valence-corrected chi connectivity index (χ2v) is 5.40. The van der Waals surface area contributed by atoms with Gasteiger partial charge < -0.3 is 16.2 Å². The van der Waals surface area contributed by atoms with Gasteiger partial charge in [-0.05, 0) is 54.8 Å². The fourth-order valence-corrected chi connectivity index (χ4v) is 2.48. The Hall–Kier alpha value is -2.82. The van der Waals surface area contributed by atoms with E-state index in [1.54, 1.807) is 12.1 Å². The van der Waals surface area contributed by atoms with E-state index < -0.39 is 5.91 Å². The minimum atomic E-state index is -0.506. The molecule has 0 aliphatic rings. The molecule has 2 aromatic rings. The molecule has 23 heavy (non-hydrogen) atoms. The number of rotatable bonds is 5. The van der Waals surface area contributed by atoms with Crippen LogP contribution in [0.4, 0.5) is 5.69 Å². The summed E-state index contributed by atoms with van der Waals surface area (Å²) in [6, 6.07) is 9.45. The summed E-state index contributed by atoms with van der Waals surface area (Å²) in [5.41, 5.74) is 8.55. The quantitative estimate of drug-likeness (QED) is 0.792. The Bertz CT molecular complexity index is 737. The van der Waals surface area contributed by atoms with Gasteiger partial charge >= 0.3 is 0 Å². The zero-order chi connectivity index (χ0) is 17.0. The molecule has 0 radical (unpaired) electrons. The van der Waals surface area contributed by atoms with Crippen molar-refractivity contribution in [1.29, 1.82) is 0 Å². The van der Waals surface area contributed by atoms with E-state index in [0.29, 0.717) is 23.2 Å². The van der Waals surface area contributed by atoms with Crippen LogP contribution in [0, 0.1) is 6.92 Å². The average Bonchev–Trinajstić information content (AvgIpc) is 2.51. The summed E-state index contributed by atoms with van der Waals surface area (Å²) in [4.78, 5) is 24.0. The van der Waals surface area contributed by atoms with E-state index in [1.807, 2.05) is 13.8 Å². The van der Waals surface area contributed by atoms with Crippen LogP contribution in [0.2, 0.25) is 0 Å². The van der Waals surface area contributed by atoms with Crippen molar-refractivity contribution in [3.8, 4) is 5.75 Å². The number of amides is 2. The zero-order valence-electron chi connectivity index (χ0n) is 13.2. The highest BCUT2D eigenvalue weighted by Gasteiger charge is 2.17. The fraction of sp³-hybridized carbons (Fsp3) is 0.222. The van der Waals surface area contributed by atoms with E-state index >= 15 is 0 Å². The van der Waals surface area contributed by atoms with Gasteiger partial charge in [0.1, 0.15) is 5.75 Å². The van der Waals surface area contributed by atoms with Gasteiger partial charge in [0, 0.05) is 16.8 Å². The van der Waals surface area contributed by atoms with E-state index in [1.165, 1.54) is 24.3 Å². The van der Waals surface area contributed by atoms with Crippen molar-refractivity contribution < 1.29 is 14.7 Å². The Morgan fingerprint density at radius 2 is 1.78 bits per heavy atom. The molecule has 0 aromatic heterocycles. The van der Waals surface area contributed by atoms with Crippen LogP contribution < -0.4 is 11.1 Å². The van der Waals surface area contributed by atoms with Crippen molar-refractivity contribution in [1.82, 2.24) is 0 Å². The fourth-order valence-electron chi connectivity index (χ4n) is 2.48. The van der Waals surface area contributed by atoms with Gasteiger partial charge in [0.05, 0.1) is 0 Å². The minimum Gasteiger partial charge on any atom is -0.508 e. The Morgan fingerprint density at radius 3 is 2.35 bits per heavy atom. The van der Waals surface area contributed by atoms with Crippen molar-refractivity contribution >= 4 is 17.5 Å². The molecule has 4 N–H and O–H groups in total. The van der Waals surface area contributed by atoms with Crippen LogP contribution >= 0.6 is 0 Å². The number of anilines is 1. The molecular formula is C18H20N2O3. The SMILES string of the molecule is CCCc1c(C(N)=O)ccc(C)c1NC(=O)c1ccc(O)cc1. The number of phenols is 1. The molecule has 0 aliphatic heterocycles. The number of nitrogens with two attached hydrogens (primary N) is 1. The molecule has 2 rings (SSSR count). The van der Waals surface area contributed by atoms with E-state index in [4.69, 9.17) is 5.73 Å². The van der Waals surface area contributed by atoms with Gasteiger partial charge in [0.15, 0.2) is 0 Å². The van der Waals surface area contributed by atoms with Gasteiger partial charge in [-0.25, -0.2) is 0 Å². The predicted octanol–water partition coefficient (Wildman–Crippen LogP) is 3.00. The minimum absolute atomic E-state index is 0.0973. The lowest BCUT2D eigenvalue weighted by atomic mass is 9.97. The summed E-state index contributed by atoms with van der Waals surface area (Å²) in [5.74, 6) is -0.708. The first-order chi connectivity index (χ1) is 10.9. The van der Waals surface area contributed by atoms with Gasteiger partial charge in [-0.3, -0.25) is 9.59 Å². The lowest BCUT2D eigenvalue weighted by molar-refractivity contribution is 0.0995. The molecular weight excluding hydrogens is 292 g/mol. The molecule has 0 unspecified atom stereocenters. The maximum atomic E-state index is 12.4. The van der Waals surface area contributed by atoms with Crippen LogP contribution in [0.15, 0.2) is 36.4 Å². The highest BCUT2D eigenvalue weighted by atomic mass is 16.3. The maximum absolute atomic E-state index is 12.4. The van der Waals surface area contributed by atoms with Gasteiger partial charge in [-0.2, -0.15) is 0 Å². The molecule has 2 aromatic carbocycles. The molecule has 5 heteroatoms. The Morgan fingerprint density at radius 1 is 1.13 bits per heavy atom. The van der Waals surface area contributed by atoms with Crippen LogP contribution in [-0.4, -0.2) is 16.9 Å². The molecule has 5 nitrogen and oxygen atoms in total. The summed E-state index contributed by atoms with van der Waals surface area (Å²) in [6.07, 6.45) is 1.47. The number of aryl methyl sites for hydroxylation is 1. The smallest absolute Gasteiger partial charge is 0.255 e. The molecule has 0 atom stereocenters. The van der Waals surface area contributed by atoms with Gasteiger partial charge in [-0.15, -0.1) is 0 Å². The van der Waals surface area contributed by atoms with Crippen LogP contribution in [0.25, 0.3) is 0 Å². The first-order valence-corrected chi connectivity index (χ1v) is 7.46. The number of nitrogens with one attached hydrogen (secondary N) is 1. The zero-order valence-corrected chi connectivity index (χ0v) is 13.2. The van der Waals surface area contributed by atoms with Crippen molar-refractivity contribution in [2.24, 2.45) is 5.73 Å². The normalized spacial score (nSPS) is 10.3. The van der Waals surface area contributed by atoms with Crippen LogP contribution in [0.3, 0.4) is 0 Å². The lowest BCUT2D eigenvalue weighted by Gasteiger charge is -2.16. The van der Waals surface area contributed by atoms with E-state index in [0.717, 1.165) is 17.5 Å². The first-order valence-electron chi connectivity index (χ1n) is 7.46. The van der Waals surface area contributed by atoms with Crippen LogP contribution in [0.1, 0.15) is 45.2 Å². The second-order valence-electron chi connectivity index (χ2n) is 5.40. The highest BCUT2D eigenvalue weighted by molar-refractivity contribution is 6.06. The van der Waals surface area contributed by atoms with Crippen molar-refractivity contribution in [3.63, 3.8) is 0 Å². The predicted molar refractivity (Wildman–Crippen MR) is 89.8 cm³/mol. The third-order valence-electron chi connectivity index (χ3n) is 3.65. The lowest BCUT2D eigenvalue weighted by Crippen LogP contribution is -2.19. The van der Waals surface area contributed by atoms with Crippen molar-refractivity contribution in [2.75, 3.05) is 5.32 Å². The Kier molecular flexibility index (Phi) is 5.01. The van der Waals surface area contributed by atoms with Crippen molar-refractivity contribution in [3.05, 3.63) is 58.7 Å². The largest absolute Gasteiger partial charge is 0.508 e. The number of carbonyl (C=O) groups is 2. The third kappa shape index (κ3) is 3.69. The monoisotopic (exact) mass is 312 g/mol. The number of phenolic OH excluding ortho intramolecular Hbond substituents is 1. The highest BCUT2D eigenvalue weighted by Crippen LogP contribution is 2.26. The van der Waals surface area contributed by atoms with E-state index in [9.17, 15) is 14.7 Å². The number of hydrogen-bond donors (Lipinski definition) is 3. The Balaban J connectivity index is 2.41. The third-order valence-corrected chi connectivity index (χ3v) is 3.65. The number of hydrogen-bond acceptors (Lipinski definition) is 3. The van der Waals surface area contributed by atoms with E-state index in [-0.39, 0.29) is 11.7 Å². The summed E-state index contributed by atoms with van der Waals surface area (Å²) >= 11 is 0. The summed E-state index contributed by atoms with van der Waals surface area (Å²) in [7, 11) is 0. The maximum Gasteiger partial charge on any atom is 0.255 e. The molecule has 0 saturated heterocycles. The molecule has 0 aliphatic carbocycles. The van der Waals surface area contributed by atoms with Gasteiger partial charge in [0.2, 0.25) is 5.91 Å². The number of benzene rings is 2. The first kappa shape index (κ1) is 16.5. The molecule has 0 saturated carbocycles. The number of carbonyl (C=O) groups excluding carboxylic acids is 2. The molecule has 2 amide bonds. The molecule has 0 spiro atoms. The average molecular weight is 312 g/mol. The van der Waals surface area contributed by atoms with E-state index in [2.05, 4.69) is 5.32 Å². The van der Waals surface area contributed by atoms with Crippen molar-refractivity contribution in [2.45, 2.75) is 26.7 Å². The summed E-state index contributed by atoms with van der Waals surface area (Å²) in [6.45, 7) is 3.87. The van der Waals surface area contributed by atoms with Crippen LogP contribution in [-0.2, 0) is 6.42 Å². The molecule has 0 heterocycles. The van der Waals surface area contributed by atoms with Gasteiger partial charge in [0.25, 0.3) is 5.91 Å². The second kappa shape index (κ2) is 6.96. The van der Waals surface area contributed by atoms with Gasteiger partial charge in [-0.1, -0.05) is 19.4 Å². The number of primary amides is 1. The topological polar surface area (TPSA) is 92.4 Å². The standard InChI is InChI=1S/C18H20N2O3/c1-3-4-14-15(17(19)22)10-5-11(2)16(14)20-18(23)12-6-8-13(21)9-7-12/h5-10,21H,3-4H2,1-2H3,(H2,19,22)(H,20,23). The summed E-state index contributed by atoms with van der Waals surface area (Å²) < 4.78 is 0. The molecule has 0 bridgehead atoms. The summed E-state index contributed by atoms with van der Waals surface area (Å²) in [5, 5.41) is 12.2.